The number of benzene rings is 1. The summed E-state index contributed by atoms with van der Waals surface area (Å²) in [6, 6.07) is 9.76. The minimum atomic E-state index is -4.06. The molecule has 2 heterocycles. The third-order valence-corrected chi connectivity index (χ3v) is 7.95. The van der Waals surface area contributed by atoms with Gasteiger partial charge in [0.25, 0.3) is 0 Å². The predicted octanol–water partition coefficient (Wildman–Crippen LogP) is 5.80. The maximum atomic E-state index is 13.8. The molecule has 10 heteroatoms. The van der Waals surface area contributed by atoms with E-state index in [-0.39, 0.29) is 20.8 Å². The highest BCUT2D eigenvalue weighted by molar-refractivity contribution is 7.93. The van der Waals surface area contributed by atoms with Gasteiger partial charge in [0.2, 0.25) is 9.84 Å². The number of amides is 1. The molecule has 1 aromatic carbocycles. The van der Waals surface area contributed by atoms with E-state index in [2.05, 4.69) is 4.98 Å². The zero-order valence-electron chi connectivity index (χ0n) is 17.9. The Bertz CT molecular complexity index is 1250. The van der Waals surface area contributed by atoms with Crippen molar-refractivity contribution in [1.29, 1.82) is 0 Å². The average molecular weight is 497 g/mol. The largest absolute Gasteiger partial charge is 0.444 e. The fourth-order valence-electron chi connectivity index (χ4n) is 2.85. The van der Waals surface area contributed by atoms with E-state index in [4.69, 9.17) is 16.3 Å². The fourth-order valence-corrected chi connectivity index (χ4v) is 6.27. The maximum Gasteiger partial charge on any atom is 0.410 e. The van der Waals surface area contributed by atoms with Crippen LogP contribution in [0.2, 0.25) is 5.15 Å². The number of nitrogens with zero attached hydrogens (tertiary/aromatic N) is 2. The van der Waals surface area contributed by atoms with E-state index in [0.717, 1.165) is 17.4 Å². The lowest BCUT2D eigenvalue weighted by Gasteiger charge is -2.24. The van der Waals surface area contributed by atoms with Crippen LogP contribution in [0.15, 0.2) is 57.8 Å². The Balaban J connectivity index is 2.07. The Morgan fingerprint density at radius 1 is 1.19 bits per heavy atom. The van der Waals surface area contributed by atoms with Crippen LogP contribution >= 0.6 is 22.9 Å². The number of aromatic nitrogens is 1. The minimum Gasteiger partial charge on any atom is -0.444 e. The molecule has 1 amide bonds. The van der Waals surface area contributed by atoms with Gasteiger partial charge in [0.1, 0.15) is 20.8 Å². The quantitative estimate of drug-likeness (QED) is 0.417. The van der Waals surface area contributed by atoms with Crippen LogP contribution in [0.25, 0.3) is 11.1 Å². The Labute approximate surface area is 195 Å². The molecule has 0 N–H and O–H groups in total. The Morgan fingerprint density at radius 3 is 2.53 bits per heavy atom. The molecule has 0 radical (unpaired) electrons. The van der Waals surface area contributed by atoms with E-state index >= 15 is 0 Å². The summed E-state index contributed by atoms with van der Waals surface area (Å²) < 4.78 is 45.9. The van der Waals surface area contributed by atoms with Crippen LogP contribution in [0.1, 0.15) is 25.6 Å². The summed E-state index contributed by atoms with van der Waals surface area (Å²) >= 11 is 7.23. The Hall–Kier alpha value is -2.49. The monoisotopic (exact) mass is 496 g/mol. The maximum absolute atomic E-state index is 13.8. The van der Waals surface area contributed by atoms with Gasteiger partial charge in [0.15, 0.2) is 0 Å². The van der Waals surface area contributed by atoms with Gasteiger partial charge in [0, 0.05) is 29.2 Å². The van der Waals surface area contributed by atoms with Gasteiger partial charge in [-0.2, -0.15) is 0 Å². The van der Waals surface area contributed by atoms with Crippen LogP contribution in [-0.2, 0) is 21.1 Å². The molecular formula is C22H22ClFN2O4S2. The Morgan fingerprint density at radius 2 is 1.91 bits per heavy atom. The van der Waals surface area contributed by atoms with Crippen molar-refractivity contribution < 1.29 is 22.3 Å². The number of hydrogen-bond donors (Lipinski definition) is 0. The van der Waals surface area contributed by atoms with Gasteiger partial charge in [0.05, 0.1) is 11.4 Å². The number of carbonyl (C=O) groups is 1. The normalized spacial score (nSPS) is 11.9. The summed E-state index contributed by atoms with van der Waals surface area (Å²) in [5.74, 6) is -0.659. The van der Waals surface area contributed by atoms with Crippen molar-refractivity contribution >= 4 is 38.9 Å². The summed E-state index contributed by atoms with van der Waals surface area (Å²) in [5, 5.41) is 0.132. The molecule has 3 aromatic rings. The van der Waals surface area contributed by atoms with Gasteiger partial charge in [-0.1, -0.05) is 17.7 Å². The van der Waals surface area contributed by atoms with Gasteiger partial charge >= 0.3 is 6.09 Å². The highest BCUT2D eigenvalue weighted by atomic mass is 35.5. The minimum absolute atomic E-state index is 0.00871. The van der Waals surface area contributed by atoms with E-state index in [9.17, 15) is 17.6 Å². The number of carbonyl (C=O) groups excluding carboxylic acids is 1. The van der Waals surface area contributed by atoms with Crippen LogP contribution in [0.3, 0.4) is 0 Å². The predicted molar refractivity (Wildman–Crippen MR) is 122 cm³/mol. The van der Waals surface area contributed by atoms with E-state index < -0.39 is 27.3 Å². The summed E-state index contributed by atoms with van der Waals surface area (Å²) in [4.78, 5) is 18.2. The van der Waals surface area contributed by atoms with E-state index in [1.807, 2.05) is 0 Å². The molecule has 0 spiro atoms. The number of pyridine rings is 1. The first kappa shape index (κ1) is 24.2. The summed E-state index contributed by atoms with van der Waals surface area (Å²) in [6.07, 6.45) is 0.956. The molecule has 0 bridgehead atoms. The van der Waals surface area contributed by atoms with E-state index in [1.165, 1.54) is 29.3 Å². The van der Waals surface area contributed by atoms with E-state index in [0.29, 0.717) is 16.0 Å². The SMILES string of the molecule is CN(Cc1cc(-c2cccnc2Cl)c(S(=O)(=O)c2cccc(F)c2)s1)C(=O)OC(C)(C)C. The fraction of sp³-hybridized carbons (Fsp3) is 0.273. The van der Waals surface area contributed by atoms with Crippen LogP contribution in [0.5, 0.6) is 0 Å². The summed E-state index contributed by atoms with van der Waals surface area (Å²) in [6.45, 7) is 5.39. The first-order valence-corrected chi connectivity index (χ1v) is 12.2. The van der Waals surface area contributed by atoms with Crippen molar-refractivity contribution in [3.05, 3.63) is 64.5 Å². The second-order valence-corrected chi connectivity index (χ2v) is 11.7. The number of halogens is 2. The summed E-state index contributed by atoms with van der Waals surface area (Å²) in [7, 11) is -2.50. The van der Waals surface area contributed by atoms with Crippen molar-refractivity contribution in [3.63, 3.8) is 0 Å². The molecule has 0 fully saturated rings. The molecule has 0 aliphatic carbocycles. The van der Waals surface area contributed by atoms with Crippen LogP contribution in [0, 0.1) is 5.82 Å². The zero-order chi connectivity index (χ0) is 23.7. The second-order valence-electron chi connectivity index (χ2n) is 8.05. The molecule has 170 valence electrons. The van der Waals surface area contributed by atoms with E-state index in [1.54, 1.807) is 46.0 Å². The van der Waals surface area contributed by atoms with Crippen molar-refractivity contribution in [2.24, 2.45) is 0 Å². The molecule has 3 rings (SSSR count). The third kappa shape index (κ3) is 5.46. The van der Waals surface area contributed by atoms with Crippen LogP contribution in [-0.4, -0.2) is 37.0 Å². The highest BCUT2D eigenvalue weighted by Gasteiger charge is 2.28. The molecule has 0 saturated carbocycles. The van der Waals surface area contributed by atoms with Gasteiger partial charge in [-0.15, -0.1) is 11.3 Å². The van der Waals surface area contributed by atoms with Crippen LogP contribution < -0.4 is 0 Å². The highest BCUT2D eigenvalue weighted by Crippen LogP contribution is 2.40. The first-order chi connectivity index (χ1) is 14.9. The molecule has 0 unspecified atom stereocenters. The third-order valence-electron chi connectivity index (χ3n) is 4.25. The number of rotatable bonds is 5. The molecular weight excluding hydrogens is 475 g/mol. The number of ether oxygens (including phenoxy) is 1. The van der Waals surface area contributed by atoms with Crippen molar-refractivity contribution in [3.8, 4) is 11.1 Å². The molecule has 0 aliphatic heterocycles. The molecule has 0 atom stereocenters. The smallest absolute Gasteiger partial charge is 0.410 e. The summed E-state index contributed by atoms with van der Waals surface area (Å²) in [5.41, 5.74) is 0.0951. The van der Waals surface area contributed by atoms with Crippen LogP contribution in [0.4, 0.5) is 9.18 Å². The second kappa shape index (κ2) is 9.17. The molecule has 2 aromatic heterocycles. The standard InChI is InChI=1S/C22H22ClFN2O4S2/c1-22(2,3)30-21(27)26(4)13-15-12-18(17-9-6-10-25-19(17)23)20(31-15)32(28,29)16-8-5-7-14(24)11-16/h5-12H,13H2,1-4H3. The van der Waals surface area contributed by atoms with Gasteiger partial charge in [-0.05, 0) is 57.2 Å². The number of hydrogen-bond acceptors (Lipinski definition) is 6. The average Bonchev–Trinajstić information content (AvgIpc) is 3.11. The molecule has 6 nitrogen and oxygen atoms in total. The topological polar surface area (TPSA) is 76.6 Å². The lowest BCUT2D eigenvalue weighted by atomic mass is 10.1. The molecule has 0 saturated heterocycles. The van der Waals surface area contributed by atoms with Gasteiger partial charge in [-0.3, -0.25) is 0 Å². The Kier molecular flexibility index (Phi) is 6.92. The van der Waals surface area contributed by atoms with Gasteiger partial charge < -0.3 is 9.64 Å². The van der Waals surface area contributed by atoms with Crippen molar-refractivity contribution in [2.75, 3.05) is 7.05 Å². The molecule has 32 heavy (non-hydrogen) atoms. The lowest BCUT2D eigenvalue weighted by molar-refractivity contribution is 0.0286. The van der Waals surface area contributed by atoms with Crippen molar-refractivity contribution in [2.45, 2.75) is 42.0 Å². The molecule has 0 aliphatic rings. The first-order valence-electron chi connectivity index (χ1n) is 9.57. The number of sulfone groups is 1. The van der Waals surface area contributed by atoms with Crippen molar-refractivity contribution in [1.82, 2.24) is 9.88 Å². The number of thiophene rings is 1. The van der Waals surface area contributed by atoms with Gasteiger partial charge in [-0.25, -0.2) is 22.6 Å². The lowest BCUT2D eigenvalue weighted by Crippen LogP contribution is -2.33. The zero-order valence-corrected chi connectivity index (χ0v) is 20.3.